The maximum absolute atomic E-state index is 12.1. The molecular formula is C10H20N2O5S. The zero-order valence-corrected chi connectivity index (χ0v) is 11.3. The molecule has 1 unspecified atom stereocenters. The van der Waals surface area contributed by atoms with Crippen LogP contribution < -0.4 is 0 Å². The van der Waals surface area contributed by atoms with Crippen molar-refractivity contribution in [2.75, 3.05) is 33.3 Å². The molecule has 1 rings (SSSR count). The molecule has 106 valence electrons. The normalized spacial score (nSPS) is 22.3. The van der Waals surface area contributed by atoms with E-state index in [1.54, 1.807) is 0 Å². The van der Waals surface area contributed by atoms with Crippen LogP contribution in [0.25, 0.3) is 0 Å². The lowest BCUT2D eigenvalue weighted by atomic mass is 10.0. The summed E-state index contributed by atoms with van der Waals surface area (Å²) in [5.74, 6) is -1.05. The fourth-order valence-corrected chi connectivity index (χ4v) is 3.43. The molecule has 0 aromatic carbocycles. The van der Waals surface area contributed by atoms with Crippen molar-refractivity contribution in [1.82, 2.24) is 8.61 Å². The zero-order valence-electron chi connectivity index (χ0n) is 10.4. The van der Waals surface area contributed by atoms with Crippen LogP contribution >= 0.6 is 0 Å². The molecule has 0 aromatic rings. The highest BCUT2D eigenvalue weighted by Crippen LogP contribution is 2.20. The van der Waals surface area contributed by atoms with Crippen molar-refractivity contribution < 1.29 is 23.4 Å². The summed E-state index contributed by atoms with van der Waals surface area (Å²) < 4.78 is 26.6. The second-order valence-electron chi connectivity index (χ2n) is 4.52. The van der Waals surface area contributed by atoms with Crippen LogP contribution in [-0.4, -0.2) is 66.5 Å². The molecule has 0 aromatic heterocycles. The topological polar surface area (TPSA) is 98.2 Å². The van der Waals surface area contributed by atoms with E-state index in [0.717, 1.165) is 17.1 Å². The van der Waals surface area contributed by atoms with Gasteiger partial charge in [-0.1, -0.05) is 0 Å². The average molecular weight is 280 g/mol. The first-order chi connectivity index (χ1) is 8.37. The van der Waals surface area contributed by atoms with Gasteiger partial charge in [0.05, 0.1) is 6.42 Å². The second-order valence-corrected chi connectivity index (χ2v) is 6.56. The number of carboxylic acid groups (broad SMARTS) is 1. The molecule has 0 bridgehead atoms. The van der Waals surface area contributed by atoms with Gasteiger partial charge in [-0.05, 0) is 18.8 Å². The van der Waals surface area contributed by atoms with Crippen molar-refractivity contribution in [2.24, 2.45) is 5.92 Å². The number of aliphatic hydroxyl groups is 1. The third-order valence-electron chi connectivity index (χ3n) is 3.10. The van der Waals surface area contributed by atoms with Crippen LogP contribution in [0.1, 0.15) is 19.3 Å². The molecule has 0 spiro atoms. The molecule has 0 aliphatic carbocycles. The van der Waals surface area contributed by atoms with Crippen molar-refractivity contribution in [1.29, 1.82) is 0 Å². The molecule has 18 heavy (non-hydrogen) atoms. The lowest BCUT2D eigenvalue weighted by Gasteiger charge is -2.33. The fourth-order valence-electron chi connectivity index (χ4n) is 1.95. The minimum absolute atomic E-state index is 0.0230. The Morgan fingerprint density at radius 1 is 1.50 bits per heavy atom. The number of rotatable bonds is 6. The molecule has 8 heteroatoms. The van der Waals surface area contributed by atoms with E-state index in [4.69, 9.17) is 10.2 Å². The molecule has 2 N–H and O–H groups in total. The van der Waals surface area contributed by atoms with Gasteiger partial charge in [0, 0.05) is 33.3 Å². The molecular weight excluding hydrogens is 260 g/mol. The minimum Gasteiger partial charge on any atom is -0.481 e. The van der Waals surface area contributed by atoms with E-state index in [1.165, 1.54) is 11.4 Å². The highest BCUT2D eigenvalue weighted by atomic mass is 32.2. The van der Waals surface area contributed by atoms with E-state index in [-0.39, 0.29) is 25.5 Å². The third-order valence-corrected chi connectivity index (χ3v) is 5.06. The molecule has 1 saturated heterocycles. The Hall–Kier alpha value is -0.700. The lowest BCUT2D eigenvalue weighted by Crippen LogP contribution is -2.47. The Morgan fingerprint density at radius 2 is 2.17 bits per heavy atom. The molecule has 7 nitrogen and oxygen atoms in total. The Labute approximate surface area is 107 Å². The van der Waals surface area contributed by atoms with E-state index in [0.29, 0.717) is 13.1 Å². The molecule has 0 radical (unpaired) electrons. The van der Waals surface area contributed by atoms with Crippen molar-refractivity contribution >= 4 is 16.2 Å². The van der Waals surface area contributed by atoms with E-state index in [1.807, 2.05) is 0 Å². The molecule has 0 amide bonds. The van der Waals surface area contributed by atoms with Gasteiger partial charge in [0.1, 0.15) is 0 Å². The summed E-state index contributed by atoms with van der Waals surface area (Å²) in [6.45, 7) is 0.662. The predicted molar refractivity (Wildman–Crippen MR) is 65.2 cm³/mol. The minimum atomic E-state index is -3.61. The summed E-state index contributed by atoms with van der Waals surface area (Å²) in [7, 11) is -2.23. The number of aliphatic carboxylic acids is 1. The molecule has 1 aliphatic rings. The number of carboxylic acids is 1. The first-order valence-corrected chi connectivity index (χ1v) is 7.31. The van der Waals surface area contributed by atoms with Gasteiger partial charge < -0.3 is 10.2 Å². The Kier molecular flexibility index (Phi) is 5.51. The van der Waals surface area contributed by atoms with Crippen LogP contribution in [0.5, 0.6) is 0 Å². The summed E-state index contributed by atoms with van der Waals surface area (Å²) in [5, 5.41) is 17.6. The van der Waals surface area contributed by atoms with Crippen LogP contribution in [0.3, 0.4) is 0 Å². The fraction of sp³-hybridized carbons (Fsp3) is 0.900. The Bertz CT molecular complexity index is 384. The molecule has 0 saturated carbocycles. The van der Waals surface area contributed by atoms with Crippen molar-refractivity contribution in [3.63, 3.8) is 0 Å². The van der Waals surface area contributed by atoms with Gasteiger partial charge in [-0.3, -0.25) is 4.79 Å². The zero-order chi connectivity index (χ0) is 13.8. The summed E-state index contributed by atoms with van der Waals surface area (Å²) in [5.41, 5.74) is 0. The Morgan fingerprint density at radius 3 is 2.72 bits per heavy atom. The van der Waals surface area contributed by atoms with E-state index >= 15 is 0 Å². The van der Waals surface area contributed by atoms with Crippen LogP contribution in [0.15, 0.2) is 0 Å². The first-order valence-electron chi connectivity index (χ1n) is 5.92. The number of aliphatic hydroxyl groups excluding tert-OH is 1. The SMILES string of the molecule is CN(CCC(=O)O)S(=O)(=O)N1CCCC(CO)C1. The van der Waals surface area contributed by atoms with Crippen molar-refractivity contribution in [3.8, 4) is 0 Å². The highest BCUT2D eigenvalue weighted by Gasteiger charge is 2.31. The van der Waals surface area contributed by atoms with Gasteiger partial charge in [0.2, 0.25) is 0 Å². The maximum atomic E-state index is 12.1. The van der Waals surface area contributed by atoms with Crippen LogP contribution in [0.2, 0.25) is 0 Å². The number of piperidine rings is 1. The quantitative estimate of drug-likeness (QED) is 0.673. The first kappa shape index (κ1) is 15.4. The van der Waals surface area contributed by atoms with Gasteiger partial charge >= 0.3 is 5.97 Å². The van der Waals surface area contributed by atoms with Gasteiger partial charge in [-0.15, -0.1) is 0 Å². The second kappa shape index (κ2) is 6.46. The molecule has 1 fully saturated rings. The maximum Gasteiger partial charge on any atom is 0.304 e. The smallest absolute Gasteiger partial charge is 0.304 e. The number of hydrogen-bond donors (Lipinski definition) is 2. The van der Waals surface area contributed by atoms with Crippen molar-refractivity contribution in [2.45, 2.75) is 19.3 Å². The largest absolute Gasteiger partial charge is 0.481 e. The molecule has 1 aliphatic heterocycles. The summed E-state index contributed by atoms with van der Waals surface area (Å²) in [6, 6.07) is 0. The van der Waals surface area contributed by atoms with E-state index in [2.05, 4.69) is 0 Å². The average Bonchev–Trinajstić information content (AvgIpc) is 2.35. The number of carbonyl (C=O) groups is 1. The van der Waals surface area contributed by atoms with Gasteiger partial charge in [0.25, 0.3) is 10.2 Å². The van der Waals surface area contributed by atoms with Crippen LogP contribution in [0, 0.1) is 5.92 Å². The summed E-state index contributed by atoms with van der Waals surface area (Å²) >= 11 is 0. The third kappa shape index (κ3) is 3.91. The highest BCUT2D eigenvalue weighted by molar-refractivity contribution is 7.86. The number of nitrogens with zero attached hydrogens (tertiary/aromatic N) is 2. The van der Waals surface area contributed by atoms with Gasteiger partial charge in [-0.2, -0.15) is 17.0 Å². The van der Waals surface area contributed by atoms with Crippen LogP contribution in [0.4, 0.5) is 0 Å². The standard InChI is InChI=1S/C10H20N2O5S/c1-11(6-4-10(14)15)18(16,17)12-5-2-3-9(7-12)8-13/h9,13H,2-8H2,1H3,(H,14,15). The van der Waals surface area contributed by atoms with Gasteiger partial charge in [-0.25, -0.2) is 0 Å². The van der Waals surface area contributed by atoms with Gasteiger partial charge in [0.15, 0.2) is 0 Å². The van der Waals surface area contributed by atoms with E-state index < -0.39 is 16.2 Å². The van der Waals surface area contributed by atoms with E-state index in [9.17, 15) is 13.2 Å². The Balaban J connectivity index is 2.64. The summed E-state index contributed by atoms with van der Waals surface area (Å²) in [4.78, 5) is 10.4. The van der Waals surface area contributed by atoms with Crippen LogP contribution in [-0.2, 0) is 15.0 Å². The lowest BCUT2D eigenvalue weighted by molar-refractivity contribution is -0.137. The molecule has 1 heterocycles. The number of hydrogen-bond acceptors (Lipinski definition) is 4. The van der Waals surface area contributed by atoms with Crippen molar-refractivity contribution in [3.05, 3.63) is 0 Å². The predicted octanol–water partition coefficient (Wildman–Crippen LogP) is -0.658. The molecule has 1 atom stereocenters. The summed E-state index contributed by atoms with van der Waals surface area (Å²) in [6.07, 6.45) is 1.32. The monoisotopic (exact) mass is 280 g/mol.